The molecule has 0 rings (SSSR count). The van der Waals surface area contributed by atoms with Crippen molar-refractivity contribution >= 4 is 5.97 Å². The van der Waals surface area contributed by atoms with Gasteiger partial charge in [-0.2, -0.15) is 0 Å². The molecule has 102 valence electrons. The van der Waals surface area contributed by atoms with Crippen LogP contribution in [0.4, 0.5) is 0 Å². The number of rotatable bonds is 8. The topological polar surface area (TPSA) is 44.8 Å². The van der Waals surface area contributed by atoms with Crippen LogP contribution in [0.25, 0.3) is 0 Å². The fraction of sp³-hybridized carbons (Fsp3) is 0.923. The molecule has 0 radical (unpaired) electrons. The van der Waals surface area contributed by atoms with E-state index in [1.807, 2.05) is 34.6 Å². The van der Waals surface area contributed by atoms with Gasteiger partial charge in [0.05, 0.1) is 12.0 Å². The van der Waals surface area contributed by atoms with Gasteiger partial charge in [-0.25, -0.2) is 0 Å². The summed E-state index contributed by atoms with van der Waals surface area (Å²) < 4.78 is 15.7. The van der Waals surface area contributed by atoms with Crippen LogP contribution < -0.4 is 0 Å². The summed E-state index contributed by atoms with van der Waals surface area (Å²) in [5.74, 6) is 0.102. The maximum atomic E-state index is 11.6. The van der Waals surface area contributed by atoms with Crippen molar-refractivity contribution in [3.8, 4) is 0 Å². The van der Waals surface area contributed by atoms with Crippen LogP contribution in [-0.4, -0.2) is 32.6 Å². The van der Waals surface area contributed by atoms with Crippen molar-refractivity contribution in [1.29, 1.82) is 0 Å². The van der Waals surface area contributed by atoms with Gasteiger partial charge in [0.1, 0.15) is 6.61 Å². The molecular formula is C13H26O4. The first-order valence-corrected chi connectivity index (χ1v) is 6.16. The average molecular weight is 246 g/mol. The predicted molar refractivity (Wildman–Crippen MR) is 66.6 cm³/mol. The lowest BCUT2D eigenvalue weighted by Gasteiger charge is -2.22. The summed E-state index contributed by atoms with van der Waals surface area (Å²) in [5, 5.41) is 0. The van der Waals surface area contributed by atoms with Gasteiger partial charge in [0.2, 0.25) is 0 Å². The van der Waals surface area contributed by atoms with Crippen LogP contribution >= 0.6 is 0 Å². The Bertz CT molecular complexity index is 223. The van der Waals surface area contributed by atoms with E-state index in [2.05, 4.69) is 0 Å². The van der Waals surface area contributed by atoms with Crippen molar-refractivity contribution in [2.45, 2.75) is 47.3 Å². The fourth-order valence-corrected chi connectivity index (χ4v) is 1.17. The molecule has 0 amide bonds. The molecule has 0 spiro atoms. The Labute approximate surface area is 105 Å². The van der Waals surface area contributed by atoms with Gasteiger partial charge < -0.3 is 14.2 Å². The maximum Gasteiger partial charge on any atom is 0.311 e. The molecule has 1 unspecified atom stereocenters. The summed E-state index contributed by atoms with van der Waals surface area (Å²) in [6, 6.07) is 0. The molecule has 0 heterocycles. The third-order valence-electron chi connectivity index (χ3n) is 2.81. The van der Waals surface area contributed by atoms with Crippen molar-refractivity contribution < 1.29 is 19.0 Å². The average Bonchev–Trinajstić information content (AvgIpc) is 2.28. The van der Waals surface area contributed by atoms with Crippen molar-refractivity contribution in [3.63, 3.8) is 0 Å². The van der Waals surface area contributed by atoms with Crippen molar-refractivity contribution in [3.05, 3.63) is 0 Å². The number of esters is 1. The quantitative estimate of drug-likeness (QED) is 0.375. The van der Waals surface area contributed by atoms with E-state index in [4.69, 9.17) is 14.2 Å². The molecular weight excluding hydrogens is 220 g/mol. The minimum Gasteiger partial charge on any atom is -0.463 e. The normalized spacial score (nSPS) is 13.8. The smallest absolute Gasteiger partial charge is 0.311 e. The minimum absolute atomic E-state index is 0.179. The van der Waals surface area contributed by atoms with Gasteiger partial charge >= 0.3 is 5.97 Å². The maximum absolute atomic E-state index is 11.6. The molecule has 0 aliphatic heterocycles. The second-order valence-corrected chi connectivity index (χ2v) is 5.09. The summed E-state index contributed by atoms with van der Waals surface area (Å²) in [5.41, 5.74) is -0.418. The summed E-state index contributed by atoms with van der Waals surface area (Å²) in [6.45, 7) is 10.4. The lowest BCUT2D eigenvalue weighted by molar-refractivity contribution is -0.170. The Morgan fingerprint density at radius 3 is 2.24 bits per heavy atom. The van der Waals surface area contributed by atoms with Gasteiger partial charge in [-0.05, 0) is 20.3 Å². The van der Waals surface area contributed by atoms with Gasteiger partial charge in [-0.3, -0.25) is 4.79 Å². The van der Waals surface area contributed by atoms with Crippen molar-refractivity contribution in [1.82, 2.24) is 0 Å². The van der Waals surface area contributed by atoms with E-state index in [0.29, 0.717) is 6.61 Å². The first kappa shape index (κ1) is 16.4. The van der Waals surface area contributed by atoms with Gasteiger partial charge in [0.25, 0.3) is 0 Å². The summed E-state index contributed by atoms with van der Waals surface area (Å²) in [7, 11) is 1.61. The standard InChI is InChI=1S/C13H26O4/c1-7-13(4,5)12(14)17-9-8-16-11(15-6)10(2)3/h10-11H,7-9H2,1-6H3. The lowest BCUT2D eigenvalue weighted by atomic mass is 9.91. The third-order valence-corrected chi connectivity index (χ3v) is 2.81. The summed E-state index contributed by atoms with van der Waals surface area (Å²) in [4.78, 5) is 11.6. The van der Waals surface area contributed by atoms with E-state index >= 15 is 0 Å². The first-order chi connectivity index (χ1) is 7.85. The lowest BCUT2D eigenvalue weighted by Crippen LogP contribution is -2.28. The molecule has 1 atom stereocenters. The van der Waals surface area contributed by atoms with Gasteiger partial charge in [0.15, 0.2) is 6.29 Å². The van der Waals surface area contributed by atoms with Crippen LogP contribution in [0.2, 0.25) is 0 Å². The van der Waals surface area contributed by atoms with Gasteiger partial charge in [-0.15, -0.1) is 0 Å². The van der Waals surface area contributed by atoms with Gasteiger partial charge in [-0.1, -0.05) is 20.8 Å². The van der Waals surface area contributed by atoms with Crippen LogP contribution in [0.15, 0.2) is 0 Å². The minimum atomic E-state index is -0.418. The Hall–Kier alpha value is -0.610. The third kappa shape index (κ3) is 6.03. The molecule has 0 bridgehead atoms. The van der Waals surface area contributed by atoms with Crippen molar-refractivity contribution in [2.24, 2.45) is 11.3 Å². The number of carbonyl (C=O) groups is 1. The highest BCUT2D eigenvalue weighted by molar-refractivity contribution is 5.75. The van der Waals surface area contributed by atoms with E-state index < -0.39 is 5.41 Å². The number of carbonyl (C=O) groups excluding carboxylic acids is 1. The zero-order chi connectivity index (χ0) is 13.5. The zero-order valence-corrected chi connectivity index (χ0v) is 11.9. The number of ether oxygens (including phenoxy) is 3. The zero-order valence-electron chi connectivity index (χ0n) is 11.9. The number of hydrogen-bond acceptors (Lipinski definition) is 4. The molecule has 0 N–H and O–H groups in total. The molecule has 4 heteroatoms. The predicted octanol–water partition coefficient (Wildman–Crippen LogP) is 2.61. The highest BCUT2D eigenvalue weighted by Crippen LogP contribution is 2.21. The largest absolute Gasteiger partial charge is 0.463 e. The molecule has 0 saturated heterocycles. The number of hydrogen-bond donors (Lipinski definition) is 0. The summed E-state index contributed by atoms with van der Waals surface area (Å²) >= 11 is 0. The Morgan fingerprint density at radius 2 is 1.82 bits per heavy atom. The molecule has 0 aliphatic carbocycles. The molecule has 4 nitrogen and oxygen atoms in total. The van der Waals surface area contributed by atoms with Crippen molar-refractivity contribution in [2.75, 3.05) is 20.3 Å². The fourth-order valence-electron chi connectivity index (χ4n) is 1.17. The van der Waals surface area contributed by atoms with Crippen LogP contribution in [-0.2, 0) is 19.0 Å². The van der Waals surface area contributed by atoms with Gasteiger partial charge in [0, 0.05) is 13.0 Å². The number of methoxy groups -OCH3 is 1. The molecule has 0 saturated carbocycles. The molecule has 0 aromatic rings. The van der Waals surface area contributed by atoms with Crippen LogP contribution in [0.3, 0.4) is 0 Å². The molecule has 17 heavy (non-hydrogen) atoms. The van der Waals surface area contributed by atoms with Crippen LogP contribution in [0.1, 0.15) is 41.0 Å². The van der Waals surface area contributed by atoms with Crippen LogP contribution in [0.5, 0.6) is 0 Å². The Morgan fingerprint density at radius 1 is 1.24 bits per heavy atom. The molecule has 0 fully saturated rings. The Balaban J connectivity index is 3.82. The Kier molecular flexibility index (Phi) is 7.39. The van der Waals surface area contributed by atoms with E-state index in [-0.39, 0.29) is 24.8 Å². The monoisotopic (exact) mass is 246 g/mol. The SMILES string of the molecule is CCC(C)(C)C(=O)OCCOC(OC)C(C)C. The first-order valence-electron chi connectivity index (χ1n) is 6.16. The highest BCUT2D eigenvalue weighted by atomic mass is 16.7. The summed E-state index contributed by atoms with van der Waals surface area (Å²) in [6.07, 6.45) is 0.521. The van der Waals surface area contributed by atoms with E-state index in [1.165, 1.54) is 0 Å². The second-order valence-electron chi connectivity index (χ2n) is 5.09. The van der Waals surface area contributed by atoms with E-state index in [0.717, 1.165) is 6.42 Å². The highest BCUT2D eigenvalue weighted by Gasteiger charge is 2.26. The van der Waals surface area contributed by atoms with E-state index in [9.17, 15) is 4.79 Å². The molecule has 0 aromatic heterocycles. The van der Waals surface area contributed by atoms with E-state index in [1.54, 1.807) is 7.11 Å². The molecule has 0 aliphatic rings. The molecule has 0 aromatic carbocycles. The second kappa shape index (κ2) is 7.67. The van der Waals surface area contributed by atoms with Crippen LogP contribution in [0, 0.1) is 11.3 Å².